The lowest BCUT2D eigenvalue weighted by Crippen LogP contribution is -1.98. The number of hydrogen-bond donors (Lipinski definition) is 3. The maximum Gasteiger partial charge on any atom is 0.336 e. The molecule has 2 rings (SSSR count). The zero-order chi connectivity index (χ0) is 12.4. The van der Waals surface area contributed by atoms with E-state index in [1.54, 1.807) is 24.3 Å². The molecular formula is C13H10O4. The van der Waals surface area contributed by atoms with Crippen LogP contribution in [-0.4, -0.2) is 21.3 Å². The van der Waals surface area contributed by atoms with Crippen LogP contribution in [0.4, 0.5) is 0 Å². The first-order valence-electron chi connectivity index (χ1n) is 4.94. The molecule has 17 heavy (non-hydrogen) atoms. The Morgan fingerprint density at radius 1 is 0.941 bits per heavy atom. The summed E-state index contributed by atoms with van der Waals surface area (Å²) >= 11 is 0. The Hall–Kier alpha value is -2.49. The zero-order valence-corrected chi connectivity index (χ0v) is 8.79. The lowest BCUT2D eigenvalue weighted by atomic mass is 9.99. The van der Waals surface area contributed by atoms with Crippen LogP contribution in [0, 0.1) is 0 Å². The van der Waals surface area contributed by atoms with Gasteiger partial charge in [0, 0.05) is 0 Å². The van der Waals surface area contributed by atoms with Crippen LogP contribution in [0.5, 0.6) is 11.5 Å². The molecule has 0 aliphatic heterocycles. The van der Waals surface area contributed by atoms with E-state index in [1.807, 2.05) is 0 Å². The Morgan fingerprint density at radius 2 is 1.65 bits per heavy atom. The van der Waals surface area contributed by atoms with Gasteiger partial charge in [-0.05, 0) is 29.3 Å². The van der Waals surface area contributed by atoms with E-state index in [2.05, 4.69) is 0 Å². The van der Waals surface area contributed by atoms with E-state index in [4.69, 9.17) is 5.11 Å². The molecule has 0 heterocycles. The highest BCUT2D eigenvalue weighted by Crippen LogP contribution is 2.32. The minimum Gasteiger partial charge on any atom is -0.504 e. The van der Waals surface area contributed by atoms with Crippen molar-refractivity contribution < 1.29 is 20.1 Å². The van der Waals surface area contributed by atoms with Crippen molar-refractivity contribution >= 4 is 5.97 Å². The predicted octanol–water partition coefficient (Wildman–Crippen LogP) is 2.46. The smallest absolute Gasteiger partial charge is 0.336 e. The van der Waals surface area contributed by atoms with Crippen molar-refractivity contribution in [3.63, 3.8) is 0 Å². The third kappa shape index (κ3) is 2.06. The third-order valence-corrected chi connectivity index (χ3v) is 2.44. The van der Waals surface area contributed by atoms with Crippen molar-refractivity contribution in [3.8, 4) is 22.6 Å². The van der Waals surface area contributed by atoms with Crippen LogP contribution in [0.2, 0.25) is 0 Å². The third-order valence-electron chi connectivity index (χ3n) is 2.44. The van der Waals surface area contributed by atoms with E-state index >= 15 is 0 Å². The first-order chi connectivity index (χ1) is 8.09. The fraction of sp³-hybridized carbons (Fsp3) is 0. The molecule has 0 spiro atoms. The second kappa shape index (κ2) is 4.17. The van der Waals surface area contributed by atoms with Gasteiger partial charge in [0.15, 0.2) is 11.5 Å². The van der Waals surface area contributed by atoms with Gasteiger partial charge in [0.1, 0.15) is 0 Å². The van der Waals surface area contributed by atoms with Gasteiger partial charge in [0.05, 0.1) is 5.56 Å². The maximum atomic E-state index is 11.0. The van der Waals surface area contributed by atoms with Crippen LogP contribution < -0.4 is 0 Å². The average Bonchev–Trinajstić information content (AvgIpc) is 2.32. The fourth-order valence-electron chi connectivity index (χ4n) is 1.61. The normalized spacial score (nSPS) is 10.1. The van der Waals surface area contributed by atoms with Crippen LogP contribution in [0.15, 0.2) is 42.5 Å². The lowest BCUT2D eigenvalue weighted by molar-refractivity contribution is 0.0697. The summed E-state index contributed by atoms with van der Waals surface area (Å²) in [5.74, 6) is -1.54. The predicted molar refractivity (Wildman–Crippen MR) is 62.2 cm³/mol. The van der Waals surface area contributed by atoms with Crippen LogP contribution in [0.3, 0.4) is 0 Å². The van der Waals surface area contributed by atoms with Gasteiger partial charge in [-0.15, -0.1) is 0 Å². The molecule has 0 radical (unpaired) electrons. The van der Waals surface area contributed by atoms with Crippen LogP contribution in [0.1, 0.15) is 10.4 Å². The molecule has 4 nitrogen and oxygen atoms in total. The van der Waals surface area contributed by atoms with Crippen molar-refractivity contribution in [2.45, 2.75) is 0 Å². The highest BCUT2D eigenvalue weighted by atomic mass is 16.4. The van der Waals surface area contributed by atoms with Gasteiger partial charge in [-0.1, -0.05) is 24.3 Å². The monoisotopic (exact) mass is 230 g/mol. The van der Waals surface area contributed by atoms with E-state index < -0.39 is 5.97 Å². The van der Waals surface area contributed by atoms with Crippen molar-refractivity contribution in [1.29, 1.82) is 0 Å². The summed E-state index contributed by atoms with van der Waals surface area (Å²) in [5.41, 5.74) is 1.19. The van der Waals surface area contributed by atoms with Crippen molar-refractivity contribution in [2.75, 3.05) is 0 Å². The number of benzene rings is 2. The molecule has 2 aromatic carbocycles. The van der Waals surface area contributed by atoms with Crippen LogP contribution in [-0.2, 0) is 0 Å². The summed E-state index contributed by atoms with van der Waals surface area (Å²) in [4.78, 5) is 11.0. The minimum atomic E-state index is -1.03. The zero-order valence-electron chi connectivity index (χ0n) is 8.79. The van der Waals surface area contributed by atoms with Gasteiger partial charge in [0.2, 0.25) is 0 Å². The van der Waals surface area contributed by atoms with Gasteiger partial charge < -0.3 is 15.3 Å². The molecule has 2 aromatic rings. The molecule has 0 aromatic heterocycles. The Balaban J connectivity index is 2.60. The number of aromatic carboxylic acids is 1. The maximum absolute atomic E-state index is 11.0. The summed E-state index contributed by atoms with van der Waals surface area (Å²) in [6, 6.07) is 10.7. The molecule has 0 aliphatic carbocycles. The van der Waals surface area contributed by atoms with Gasteiger partial charge in [-0.2, -0.15) is 0 Å². The number of phenolic OH excluding ortho intramolecular Hbond substituents is 2. The Kier molecular flexibility index (Phi) is 2.70. The fourth-order valence-corrected chi connectivity index (χ4v) is 1.61. The second-order valence-corrected chi connectivity index (χ2v) is 3.55. The van der Waals surface area contributed by atoms with E-state index in [0.29, 0.717) is 11.1 Å². The molecule has 0 amide bonds. The number of phenols is 2. The molecule has 0 fully saturated rings. The molecule has 3 N–H and O–H groups in total. The summed E-state index contributed by atoms with van der Waals surface area (Å²) in [7, 11) is 0. The highest BCUT2D eigenvalue weighted by molar-refractivity contribution is 5.96. The van der Waals surface area contributed by atoms with Gasteiger partial charge >= 0.3 is 5.97 Å². The first kappa shape index (κ1) is 11.0. The topological polar surface area (TPSA) is 77.8 Å². The molecule has 0 atom stereocenters. The minimum absolute atomic E-state index is 0.151. The van der Waals surface area contributed by atoms with E-state index in [-0.39, 0.29) is 17.1 Å². The van der Waals surface area contributed by atoms with Crippen LogP contribution >= 0.6 is 0 Å². The molecule has 0 saturated carbocycles. The number of aromatic hydroxyl groups is 2. The SMILES string of the molecule is O=C(O)c1ccccc1-c1ccc(O)c(O)c1. The highest BCUT2D eigenvalue weighted by Gasteiger charge is 2.11. The quantitative estimate of drug-likeness (QED) is 0.692. The van der Waals surface area contributed by atoms with E-state index in [0.717, 1.165) is 0 Å². The molecule has 0 bridgehead atoms. The van der Waals surface area contributed by atoms with Gasteiger partial charge in [-0.25, -0.2) is 4.79 Å². The van der Waals surface area contributed by atoms with Crippen LogP contribution in [0.25, 0.3) is 11.1 Å². The summed E-state index contributed by atoms with van der Waals surface area (Å²) < 4.78 is 0. The Bertz CT molecular complexity index is 575. The van der Waals surface area contributed by atoms with E-state index in [1.165, 1.54) is 18.2 Å². The summed E-state index contributed by atoms with van der Waals surface area (Å²) in [6.45, 7) is 0. The van der Waals surface area contributed by atoms with Crippen molar-refractivity contribution in [2.24, 2.45) is 0 Å². The molecule has 0 saturated heterocycles. The number of carboxylic acids is 1. The van der Waals surface area contributed by atoms with Crippen molar-refractivity contribution in [3.05, 3.63) is 48.0 Å². The standard InChI is InChI=1S/C13H10O4/c14-11-6-5-8(7-12(11)15)9-3-1-2-4-10(9)13(16)17/h1-7,14-15H,(H,16,17). The lowest BCUT2D eigenvalue weighted by Gasteiger charge is -2.07. The Labute approximate surface area is 97.4 Å². The van der Waals surface area contributed by atoms with Gasteiger partial charge in [0.25, 0.3) is 0 Å². The van der Waals surface area contributed by atoms with Crippen molar-refractivity contribution in [1.82, 2.24) is 0 Å². The number of hydrogen-bond acceptors (Lipinski definition) is 3. The molecule has 0 aliphatic rings. The summed E-state index contributed by atoms with van der Waals surface area (Å²) in [5, 5.41) is 27.6. The number of rotatable bonds is 2. The molecule has 0 unspecified atom stereocenters. The largest absolute Gasteiger partial charge is 0.504 e. The van der Waals surface area contributed by atoms with E-state index in [9.17, 15) is 15.0 Å². The summed E-state index contributed by atoms with van der Waals surface area (Å²) in [6.07, 6.45) is 0. The number of carbonyl (C=O) groups is 1. The number of carboxylic acid groups (broad SMARTS) is 1. The molecule has 86 valence electrons. The average molecular weight is 230 g/mol. The van der Waals surface area contributed by atoms with Gasteiger partial charge in [-0.3, -0.25) is 0 Å². The first-order valence-corrected chi connectivity index (χ1v) is 4.94. The Morgan fingerprint density at radius 3 is 2.29 bits per heavy atom. The molecule has 4 heteroatoms. The molecular weight excluding hydrogens is 220 g/mol. The second-order valence-electron chi connectivity index (χ2n) is 3.55.